The Kier molecular flexibility index (Phi) is 4.85. The summed E-state index contributed by atoms with van der Waals surface area (Å²) in [4.78, 5) is 14.4. The molecule has 4 nitrogen and oxygen atoms in total. The highest BCUT2D eigenvalue weighted by Crippen LogP contribution is 2.32. The Labute approximate surface area is 134 Å². The number of halogens is 2. The first kappa shape index (κ1) is 16.6. The Morgan fingerprint density at radius 3 is 2.48 bits per heavy atom. The zero-order chi connectivity index (χ0) is 15.8. The van der Waals surface area contributed by atoms with E-state index >= 15 is 0 Å². The lowest BCUT2D eigenvalue weighted by Gasteiger charge is -2.23. The van der Waals surface area contributed by atoms with Gasteiger partial charge in [0.25, 0.3) is 15.0 Å². The van der Waals surface area contributed by atoms with Crippen LogP contribution in [0.3, 0.4) is 0 Å². The van der Waals surface area contributed by atoms with E-state index in [0.29, 0.717) is 17.7 Å². The Balaban J connectivity index is 2.48. The van der Waals surface area contributed by atoms with Crippen molar-refractivity contribution in [2.75, 3.05) is 6.54 Å². The molecule has 0 atom stereocenters. The highest BCUT2D eigenvalue weighted by molar-refractivity contribution is 8.13. The van der Waals surface area contributed by atoms with Gasteiger partial charge in [0.2, 0.25) is 0 Å². The van der Waals surface area contributed by atoms with Gasteiger partial charge in [-0.05, 0) is 43.9 Å². The number of rotatable bonds is 5. The van der Waals surface area contributed by atoms with E-state index < -0.39 is 9.05 Å². The van der Waals surface area contributed by atoms with E-state index in [2.05, 4.69) is 0 Å². The fourth-order valence-corrected chi connectivity index (χ4v) is 3.87. The quantitative estimate of drug-likeness (QED) is 0.763. The van der Waals surface area contributed by atoms with Crippen LogP contribution in [-0.4, -0.2) is 31.8 Å². The topological polar surface area (TPSA) is 54.5 Å². The lowest BCUT2D eigenvalue weighted by atomic mass is 10.1. The van der Waals surface area contributed by atoms with Gasteiger partial charge in [-0.15, -0.1) is 0 Å². The molecule has 1 fully saturated rings. The van der Waals surface area contributed by atoms with E-state index in [0.717, 1.165) is 19.3 Å². The second kappa shape index (κ2) is 6.15. The van der Waals surface area contributed by atoms with Crippen LogP contribution >= 0.6 is 22.3 Å². The maximum Gasteiger partial charge on any atom is 0.261 e. The van der Waals surface area contributed by atoms with E-state index in [1.807, 2.05) is 6.92 Å². The lowest BCUT2D eigenvalue weighted by Crippen LogP contribution is -2.34. The Bertz CT molecular complexity index is 669. The highest BCUT2D eigenvalue weighted by atomic mass is 35.7. The Morgan fingerprint density at radius 1 is 1.38 bits per heavy atom. The van der Waals surface area contributed by atoms with Crippen LogP contribution in [-0.2, 0) is 9.05 Å². The molecule has 0 saturated heterocycles. The summed E-state index contributed by atoms with van der Waals surface area (Å²) in [6.45, 7) is 4.23. The van der Waals surface area contributed by atoms with Crippen molar-refractivity contribution >= 4 is 37.2 Å². The van der Waals surface area contributed by atoms with Crippen molar-refractivity contribution in [1.29, 1.82) is 0 Å². The minimum absolute atomic E-state index is 0.104. The maximum absolute atomic E-state index is 12.7. The van der Waals surface area contributed by atoms with Crippen LogP contribution in [0.1, 0.15) is 42.1 Å². The van der Waals surface area contributed by atoms with Gasteiger partial charge in [-0.25, -0.2) is 8.42 Å². The van der Waals surface area contributed by atoms with Crippen LogP contribution < -0.4 is 0 Å². The molecule has 0 aromatic heterocycles. The molecule has 0 heterocycles. The molecule has 1 aromatic rings. The summed E-state index contributed by atoms with van der Waals surface area (Å²) >= 11 is 5.96. The molecule has 7 heteroatoms. The zero-order valence-corrected chi connectivity index (χ0v) is 14.2. The molecule has 0 unspecified atom stereocenters. The van der Waals surface area contributed by atoms with Gasteiger partial charge in [0.15, 0.2) is 0 Å². The maximum atomic E-state index is 12.7. The van der Waals surface area contributed by atoms with E-state index in [-0.39, 0.29) is 21.9 Å². The monoisotopic (exact) mass is 349 g/mol. The van der Waals surface area contributed by atoms with Gasteiger partial charge in [-0.2, -0.15) is 0 Å². The second-order valence-electron chi connectivity index (χ2n) is 5.24. The zero-order valence-electron chi connectivity index (χ0n) is 11.9. The number of benzene rings is 1. The molecule has 0 spiro atoms. The van der Waals surface area contributed by atoms with Gasteiger partial charge in [-0.1, -0.05) is 18.5 Å². The standard InChI is InChI=1S/C14H17Cl2NO3S/c1-3-6-17(11-4-5-11)14(18)12-7-10(15)8-13(9(12)2)21(16,19)20/h7-8,11H,3-6H2,1-2H3. The molecular formula is C14H17Cl2NO3S. The van der Waals surface area contributed by atoms with Crippen LogP contribution in [0.15, 0.2) is 17.0 Å². The van der Waals surface area contributed by atoms with Gasteiger partial charge in [0.1, 0.15) is 0 Å². The van der Waals surface area contributed by atoms with Gasteiger partial charge in [0.05, 0.1) is 4.90 Å². The molecule has 1 amide bonds. The number of nitrogens with zero attached hydrogens (tertiary/aromatic N) is 1. The summed E-state index contributed by atoms with van der Waals surface area (Å²) < 4.78 is 23.2. The lowest BCUT2D eigenvalue weighted by molar-refractivity contribution is 0.0742. The van der Waals surface area contributed by atoms with Crippen LogP contribution in [0.25, 0.3) is 0 Å². The molecule has 116 valence electrons. The third kappa shape index (κ3) is 3.71. The van der Waals surface area contributed by atoms with Crippen LogP contribution in [0.4, 0.5) is 0 Å². The summed E-state index contributed by atoms with van der Waals surface area (Å²) in [6, 6.07) is 3.04. The summed E-state index contributed by atoms with van der Waals surface area (Å²) in [7, 11) is 1.48. The fraction of sp³-hybridized carbons (Fsp3) is 0.500. The van der Waals surface area contributed by atoms with Crippen LogP contribution in [0.5, 0.6) is 0 Å². The molecule has 1 aliphatic carbocycles. The first-order valence-corrected chi connectivity index (χ1v) is 9.50. The van der Waals surface area contributed by atoms with Crippen molar-refractivity contribution < 1.29 is 13.2 Å². The van der Waals surface area contributed by atoms with Crippen LogP contribution in [0.2, 0.25) is 5.02 Å². The molecule has 0 bridgehead atoms. The normalized spacial score (nSPS) is 15.0. The predicted octanol–water partition coefficient (Wildman–Crippen LogP) is 3.59. The summed E-state index contributed by atoms with van der Waals surface area (Å²) in [6.07, 6.45) is 2.83. The number of carbonyl (C=O) groups excluding carboxylic acids is 1. The van der Waals surface area contributed by atoms with Gasteiger partial charge >= 0.3 is 0 Å². The SMILES string of the molecule is CCCN(C(=O)c1cc(Cl)cc(S(=O)(=O)Cl)c1C)C1CC1. The minimum atomic E-state index is -3.94. The molecule has 0 radical (unpaired) electrons. The van der Waals surface area contributed by atoms with Gasteiger partial charge in [0, 0.05) is 33.9 Å². The largest absolute Gasteiger partial charge is 0.336 e. The van der Waals surface area contributed by atoms with E-state index in [9.17, 15) is 13.2 Å². The average molecular weight is 350 g/mol. The third-order valence-corrected chi connectivity index (χ3v) is 5.20. The second-order valence-corrected chi connectivity index (χ2v) is 8.21. The molecular weight excluding hydrogens is 333 g/mol. The third-order valence-electron chi connectivity index (χ3n) is 3.53. The fourth-order valence-electron chi connectivity index (χ4n) is 2.36. The van der Waals surface area contributed by atoms with E-state index in [4.69, 9.17) is 22.3 Å². The number of amides is 1. The van der Waals surface area contributed by atoms with Gasteiger partial charge < -0.3 is 4.90 Å². The predicted molar refractivity (Wildman–Crippen MR) is 83.6 cm³/mol. The summed E-state index contributed by atoms with van der Waals surface area (Å²) in [5.74, 6) is -0.180. The van der Waals surface area contributed by atoms with Gasteiger partial charge in [-0.3, -0.25) is 4.79 Å². The Morgan fingerprint density at radius 2 is 2.00 bits per heavy atom. The van der Waals surface area contributed by atoms with Crippen molar-refractivity contribution in [1.82, 2.24) is 4.90 Å². The van der Waals surface area contributed by atoms with Crippen molar-refractivity contribution in [3.63, 3.8) is 0 Å². The number of hydrogen-bond donors (Lipinski definition) is 0. The molecule has 0 N–H and O–H groups in total. The summed E-state index contributed by atoms with van der Waals surface area (Å²) in [5.41, 5.74) is 0.656. The van der Waals surface area contributed by atoms with Crippen molar-refractivity contribution in [3.05, 3.63) is 28.3 Å². The summed E-state index contributed by atoms with van der Waals surface area (Å²) in [5, 5.41) is 0.190. The molecule has 1 aliphatic rings. The minimum Gasteiger partial charge on any atom is -0.336 e. The van der Waals surface area contributed by atoms with Crippen LogP contribution in [0, 0.1) is 6.92 Å². The van der Waals surface area contributed by atoms with Crippen molar-refractivity contribution in [2.24, 2.45) is 0 Å². The highest BCUT2D eigenvalue weighted by Gasteiger charge is 2.33. The molecule has 21 heavy (non-hydrogen) atoms. The van der Waals surface area contributed by atoms with Crippen molar-refractivity contribution in [2.45, 2.75) is 44.0 Å². The number of hydrogen-bond acceptors (Lipinski definition) is 3. The molecule has 1 aromatic carbocycles. The smallest absolute Gasteiger partial charge is 0.261 e. The first-order valence-electron chi connectivity index (χ1n) is 6.81. The Hall–Kier alpha value is -0.780. The van der Waals surface area contributed by atoms with E-state index in [1.165, 1.54) is 12.1 Å². The molecule has 1 saturated carbocycles. The van der Waals surface area contributed by atoms with E-state index in [1.54, 1.807) is 11.8 Å². The molecule has 2 rings (SSSR count). The van der Waals surface area contributed by atoms with Crippen molar-refractivity contribution in [3.8, 4) is 0 Å². The average Bonchev–Trinajstić information content (AvgIpc) is 3.20. The number of carbonyl (C=O) groups is 1. The first-order chi connectivity index (χ1) is 9.75. The molecule has 0 aliphatic heterocycles.